The fourth-order valence-electron chi connectivity index (χ4n) is 3.72. The van der Waals surface area contributed by atoms with E-state index < -0.39 is 11.6 Å². The minimum atomic E-state index is -0.729. The molecule has 1 fully saturated rings. The maximum atomic E-state index is 14.2. The number of nitrogens with zero attached hydrogens (tertiary/aromatic N) is 5. The molecule has 1 amide bonds. The van der Waals surface area contributed by atoms with E-state index in [0.29, 0.717) is 41.8 Å². The second kappa shape index (κ2) is 9.37. The molecule has 3 aromatic rings. The summed E-state index contributed by atoms with van der Waals surface area (Å²) in [5, 5.41) is 4.72. The molecule has 1 aliphatic heterocycles. The molecule has 0 bridgehead atoms. The first-order valence-corrected chi connectivity index (χ1v) is 11.2. The zero-order valence-corrected chi connectivity index (χ0v) is 18.4. The van der Waals surface area contributed by atoms with E-state index in [2.05, 4.69) is 15.0 Å². The van der Waals surface area contributed by atoms with Crippen LogP contribution in [0.25, 0.3) is 10.2 Å². The monoisotopic (exact) mass is 449 g/mol. The molecular weight excluding hydrogens is 424 g/mol. The summed E-state index contributed by atoms with van der Waals surface area (Å²) in [5.41, 5.74) is 1.28. The van der Waals surface area contributed by atoms with Gasteiger partial charge in [0.1, 0.15) is 17.0 Å². The molecule has 0 radical (unpaired) electrons. The molecule has 0 N–H and O–H groups in total. The molecule has 0 spiro atoms. The van der Waals surface area contributed by atoms with Crippen LogP contribution in [-0.2, 0) is 11.3 Å². The fourth-order valence-corrected chi connectivity index (χ4v) is 4.75. The molecule has 0 aliphatic carbocycles. The molecule has 3 heterocycles. The Kier molecular flexibility index (Phi) is 6.59. The lowest BCUT2D eigenvalue weighted by Gasteiger charge is -2.27. The Morgan fingerprint density at radius 2 is 2.03 bits per heavy atom. The van der Waals surface area contributed by atoms with Gasteiger partial charge >= 0.3 is 0 Å². The van der Waals surface area contributed by atoms with Crippen LogP contribution in [0.15, 0.2) is 18.2 Å². The molecule has 0 unspecified atom stereocenters. The molecule has 166 valence electrons. The predicted molar refractivity (Wildman–Crippen MR) is 116 cm³/mol. The van der Waals surface area contributed by atoms with Crippen LogP contribution in [0.4, 0.5) is 13.9 Å². The van der Waals surface area contributed by atoms with Crippen molar-refractivity contribution in [3.8, 4) is 0 Å². The van der Waals surface area contributed by atoms with Crippen molar-refractivity contribution in [2.24, 2.45) is 0 Å². The van der Waals surface area contributed by atoms with E-state index in [1.54, 1.807) is 15.6 Å². The molecule has 1 saturated heterocycles. The lowest BCUT2D eigenvalue weighted by atomic mass is 10.3. The zero-order chi connectivity index (χ0) is 22.0. The Bertz CT molecular complexity index is 1080. The van der Waals surface area contributed by atoms with Crippen LogP contribution >= 0.6 is 11.3 Å². The van der Waals surface area contributed by atoms with E-state index in [9.17, 15) is 13.6 Å². The minimum Gasteiger partial charge on any atom is -0.379 e. The number of halogens is 2. The Balaban J connectivity index is 1.63. The Hall–Kier alpha value is -2.43. The van der Waals surface area contributed by atoms with E-state index >= 15 is 0 Å². The number of hydrogen-bond acceptors (Lipinski definition) is 6. The fraction of sp³-hybridized carbons (Fsp3) is 0.476. The first-order chi connectivity index (χ1) is 15.0. The Morgan fingerprint density at radius 3 is 2.77 bits per heavy atom. The highest BCUT2D eigenvalue weighted by atomic mass is 32.1. The number of fused-ring (bicyclic) bond motifs is 1. The van der Waals surface area contributed by atoms with E-state index in [-0.39, 0.29) is 11.4 Å². The highest BCUT2D eigenvalue weighted by Gasteiger charge is 2.25. The summed E-state index contributed by atoms with van der Waals surface area (Å²) >= 11 is 1.11. The van der Waals surface area contributed by atoms with Crippen LogP contribution in [0.1, 0.15) is 29.5 Å². The number of aromatic nitrogens is 3. The van der Waals surface area contributed by atoms with Gasteiger partial charge in [-0.1, -0.05) is 11.3 Å². The summed E-state index contributed by atoms with van der Waals surface area (Å²) in [6.45, 7) is 8.67. The number of benzene rings is 1. The average Bonchev–Trinajstić information content (AvgIpc) is 3.35. The molecule has 2 aromatic heterocycles. The van der Waals surface area contributed by atoms with Crippen molar-refractivity contribution in [3.63, 3.8) is 0 Å². The van der Waals surface area contributed by atoms with Gasteiger partial charge < -0.3 is 4.74 Å². The summed E-state index contributed by atoms with van der Waals surface area (Å²) in [7, 11) is 0. The third-order valence-electron chi connectivity index (χ3n) is 5.26. The van der Waals surface area contributed by atoms with Crippen molar-refractivity contribution in [2.75, 3.05) is 44.3 Å². The molecular formula is C21H25F2N5O2S. The summed E-state index contributed by atoms with van der Waals surface area (Å²) in [6.07, 6.45) is 0.720. The third kappa shape index (κ3) is 4.76. The Labute approximate surface area is 183 Å². The Morgan fingerprint density at radius 1 is 1.26 bits per heavy atom. The molecule has 1 aromatic carbocycles. The second-order valence-corrected chi connectivity index (χ2v) is 8.49. The molecule has 4 rings (SSSR count). The van der Waals surface area contributed by atoms with Crippen LogP contribution in [0, 0.1) is 18.6 Å². The molecule has 0 saturated carbocycles. The largest absolute Gasteiger partial charge is 0.379 e. The number of ether oxygens (including phenoxy) is 1. The van der Waals surface area contributed by atoms with Gasteiger partial charge in [-0.15, -0.1) is 0 Å². The SMILES string of the molecule is CCn1nc(C)cc1C(=O)N(CCCN1CCOCC1)c1nc2c(F)cc(F)cc2s1. The van der Waals surface area contributed by atoms with Gasteiger partial charge in [0.15, 0.2) is 10.9 Å². The van der Waals surface area contributed by atoms with Gasteiger partial charge in [-0.3, -0.25) is 19.3 Å². The summed E-state index contributed by atoms with van der Waals surface area (Å²) in [4.78, 5) is 21.7. The van der Waals surface area contributed by atoms with Gasteiger partial charge in [-0.2, -0.15) is 5.10 Å². The molecule has 31 heavy (non-hydrogen) atoms. The number of carbonyl (C=O) groups excluding carboxylic acids is 1. The molecule has 7 nitrogen and oxygen atoms in total. The summed E-state index contributed by atoms with van der Waals surface area (Å²) < 4.78 is 35.3. The van der Waals surface area contributed by atoms with Gasteiger partial charge in [0.2, 0.25) is 0 Å². The lowest BCUT2D eigenvalue weighted by molar-refractivity contribution is 0.0376. The van der Waals surface area contributed by atoms with E-state index in [1.807, 2.05) is 13.8 Å². The normalized spacial score (nSPS) is 15.0. The van der Waals surface area contributed by atoms with Crippen LogP contribution in [0.3, 0.4) is 0 Å². The highest BCUT2D eigenvalue weighted by molar-refractivity contribution is 7.22. The smallest absolute Gasteiger partial charge is 0.278 e. The number of morpholine rings is 1. The molecule has 1 aliphatic rings. The van der Waals surface area contributed by atoms with Gasteiger partial charge in [-0.05, 0) is 32.4 Å². The second-order valence-electron chi connectivity index (χ2n) is 7.48. The van der Waals surface area contributed by atoms with Crippen molar-refractivity contribution < 1.29 is 18.3 Å². The lowest BCUT2D eigenvalue weighted by Crippen LogP contribution is -2.39. The van der Waals surface area contributed by atoms with E-state index in [1.165, 1.54) is 6.07 Å². The maximum Gasteiger partial charge on any atom is 0.278 e. The zero-order valence-electron chi connectivity index (χ0n) is 17.6. The summed E-state index contributed by atoms with van der Waals surface area (Å²) in [6, 6.07) is 3.80. The number of hydrogen-bond donors (Lipinski definition) is 0. The number of carbonyl (C=O) groups is 1. The van der Waals surface area contributed by atoms with Gasteiger partial charge in [-0.25, -0.2) is 13.8 Å². The topological polar surface area (TPSA) is 63.5 Å². The van der Waals surface area contributed by atoms with E-state index in [0.717, 1.165) is 49.2 Å². The van der Waals surface area contributed by atoms with Crippen LogP contribution in [-0.4, -0.2) is 65.0 Å². The number of anilines is 1. The predicted octanol–water partition coefficient (Wildman–Crippen LogP) is 3.47. The highest BCUT2D eigenvalue weighted by Crippen LogP contribution is 2.32. The van der Waals surface area contributed by atoms with Crippen molar-refractivity contribution in [1.82, 2.24) is 19.7 Å². The van der Waals surface area contributed by atoms with E-state index in [4.69, 9.17) is 4.74 Å². The maximum absolute atomic E-state index is 14.2. The first-order valence-electron chi connectivity index (χ1n) is 10.4. The van der Waals surface area contributed by atoms with Crippen molar-refractivity contribution in [3.05, 3.63) is 41.2 Å². The van der Waals surface area contributed by atoms with Gasteiger partial charge in [0, 0.05) is 38.8 Å². The number of aryl methyl sites for hydroxylation is 2. The van der Waals surface area contributed by atoms with Crippen LogP contribution in [0.2, 0.25) is 0 Å². The standard InChI is InChI=1S/C21H25F2N5O2S/c1-3-28-17(11-14(2)25-28)20(29)27(6-4-5-26-7-9-30-10-8-26)21-24-19-16(23)12-15(22)13-18(19)31-21/h11-13H,3-10H2,1-2H3. The number of rotatable bonds is 7. The van der Waals surface area contributed by atoms with Crippen LogP contribution in [0.5, 0.6) is 0 Å². The first kappa shape index (κ1) is 21.8. The summed E-state index contributed by atoms with van der Waals surface area (Å²) in [5.74, 6) is -1.64. The van der Waals surface area contributed by atoms with Crippen molar-refractivity contribution >= 4 is 32.6 Å². The molecule has 0 atom stereocenters. The quantitative estimate of drug-likeness (QED) is 0.553. The van der Waals surface area contributed by atoms with Crippen LogP contribution < -0.4 is 4.90 Å². The van der Waals surface area contributed by atoms with Crippen molar-refractivity contribution in [1.29, 1.82) is 0 Å². The third-order valence-corrected chi connectivity index (χ3v) is 6.28. The average molecular weight is 450 g/mol. The minimum absolute atomic E-state index is 0.0764. The molecule has 10 heteroatoms. The van der Waals surface area contributed by atoms with Crippen molar-refractivity contribution in [2.45, 2.75) is 26.8 Å². The van der Waals surface area contributed by atoms with Gasteiger partial charge in [0.25, 0.3) is 5.91 Å². The number of amides is 1. The number of thiazole rings is 1. The van der Waals surface area contributed by atoms with Gasteiger partial charge in [0.05, 0.1) is 23.6 Å².